The van der Waals surface area contributed by atoms with Crippen LogP contribution < -0.4 is 10.7 Å². The highest BCUT2D eigenvalue weighted by atomic mass is 16.6. The summed E-state index contributed by atoms with van der Waals surface area (Å²) in [6.45, 7) is 0. The third-order valence-electron chi connectivity index (χ3n) is 1.32. The zero-order valence-electron chi connectivity index (χ0n) is 6.14. The van der Waals surface area contributed by atoms with Gasteiger partial charge >= 0.3 is 0 Å². The predicted molar refractivity (Wildman–Crippen MR) is 38.0 cm³/mol. The normalized spacial score (nSPS) is 9.54. The summed E-state index contributed by atoms with van der Waals surface area (Å²) in [4.78, 5) is 32.2. The number of nitro groups is 1. The number of carbonyl (C=O) groups excluding carboxylic acids is 1. The van der Waals surface area contributed by atoms with E-state index in [9.17, 15) is 24.8 Å². The van der Waals surface area contributed by atoms with Gasteiger partial charge in [0.25, 0.3) is 11.2 Å². The van der Waals surface area contributed by atoms with Crippen LogP contribution in [0.4, 0.5) is 5.69 Å². The van der Waals surface area contributed by atoms with Gasteiger partial charge in [-0.2, -0.15) is 0 Å². The molecular weight excluding hydrogens is 180 g/mol. The van der Waals surface area contributed by atoms with E-state index in [1.165, 1.54) is 0 Å². The number of carbonyl (C=O) groups is 1. The molecule has 68 valence electrons. The van der Waals surface area contributed by atoms with Gasteiger partial charge in [0, 0.05) is 6.07 Å². The molecule has 1 aromatic rings. The van der Waals surface area contributed by atoms with E-state index >= 15 is 0 Å². The van der Waals surface area contributed by atoms with Crippen molar-refractivity contribution in [3.05, 3.63) is 38.3 Å². The number of H-pyrrole nitrogens is 1. The number of pyridine rings is 1. The highest BCUT2D eigenvalue weighted by Gasteiger charge is 2.09. The molecular formula is C6H3N2O5-. The minimum atomic E-state index is -1.75. The summed E-state index contributed by atoms with van der Waals surface area (Å²) in [5, 5.41) is 20.4. The van der Waals surface area contributed by atoms with Crippen LogP contribution in [0.1, 0.15) is 10.4 Å². The molecule has 1 aromatic heterocycles. The number of aromatic carboxylic acids is 1. The molecule has 7 nitrogen and oxygen atoms in total. The van der Waals surface area contributed by atoms with E-state index < -0.39 is 27.7 Å². The fourth-order valence-electron chi connectivity index (χ4n) is 0.729. The molecule has 0 aliphatic carbocycles. The van der Waals surface area contributed by atoms with Gasteiger partial charge in [-0.1, -0.05) is 0 Å². The monoisotopic (exact) mass is 183 g/mol. The number of carboxylic acids is 1. The van der Waals surface area contributed by atoms with E-state index in [0.717, 1.165) is 6.20 Å². The molecule has 1 rings (SSSR count). The molecule has 0 aromatic carbocycles. The van der Waals surface area contributed by atoms with Crippen LogP contribution in [-0.2, 0) is 0 Å². The molecule has 0 spiro atoms. The minimum Gasteiger partial charge on any atom is -0.545 e. The van der Waals surface area contributed by atoms with Gasteiger partial charge in [-0.05, 0) is 0 Å². The molecule has 0 bridgehead atoms. The second-order valence-corrected chi connectivity index (χ2v) is 2.15. The van der Waals surface area contributed by atoms with Crippen molar-refractivity contribution in [1.82, 2.24) is 4.98 Å². The van der Waals surface area contributed by atoms with Gasteiger partial charge in [0.05, 0.1) is 22.7 Å². The maximum atomic E-state index is 10.7. The Hall–Kier alpha value is -2.18. The van der Waals surface area contributed by atoms with Gasteiger partial charge in [-0.15, -0.1) is 0 Å². The Bertz CT molecular complexity index is 421. The van der Waals surface area contributed by atoms with Crippen molar-refractivity contribution in [2.24, 2.45) is 0 Å². The average Bonchev–Trinajstić information content (AvgIpc) is 2.04. The molecule has 7 heteroatoms. The predicted octanol–water partition coefficient (Wildman–Crippen LogP) is -1.35. The SMILES string of the molecule is O=C([O-])c1cc([N+](=O)[O-])c[nH]c1=O. The number of aromatic amines is 1. The van der Waals surface area contributed by atoms with Crippen LogP contribution in [-0.4, -0.2) is 15.9 Å². The van der Waals surface area contributed by atoms with Crippen molar-refractivity contribution in [3.63, 3.8) is 0 Å². The lowest BCUT2D eigenvalue weighted by atomic mass is 10.2. The summed E-state index contributed by atoms with van der Waals surface area (Å²) in [5.74, 6) is -1.75. The van der Waals surface area contributed by atoms with Crippen molar-refractivity contribution >= 4 is 11.7 Å². The van der Waals surface area contributed by atoms with E-state index in [1.807, 2.05) is 4.98 Å². The summed E-state index contributed by atoms with van der Waals surface area (Å²) in [5.41, 5.74) is -2.18. The third-order valence-corrected chi connectivity index (χ3v) is 1.32. The van der Waals surface area contributed by atoms with E-state index in [2.05, 4.69) is 0 Å². The fraction of sp³-hybridized carbons (Fsp3) is 0. The number of rotatable bonds is 2. The Labute approximate surface area is 70.8 Å². The van der Waals surface area contributed by atoms with Crippen LogP contribution in [0.15, 0.2) is 17.1 Å². The second-order valence-electron chi connectivity index (χ2n) is 2.15. The summed E-state index contributed by atoms with van der Waals surface area (Å²) in [6.07, 6.45) is 0.814. The molecule has 0 fully saturated rings. The number of carboxylic acid groups (broad SMARTS) is 1. The van der Waals surface area contributed by atoms with Crippen molar-refractivity contribution in [2.75, 3.05) is 0 Å². The Balaban J connectivity index is 3.35. The fourth-order valence-corrected chi connectivity index (χ4v) is 0.729. The van der Waals surface area contributed by atoms with Gasteiger partial charge in [0.2, 0.25) is 0 Å². The van der Waals surface area contributed by atoms with Crippen LogP contribution in [0.5, 0.6) is 0 Å². The smallest absolute Gasteiger partial charge is 0.286 e. The largest absolute Gasteiger partial charge is 0.545 e. The van der Waals surface area contributed by atoms with Crippen molar-refractivity contribution < 1.29 is 14.8 Å². The van der Waals surface area contributed by atoms with Crippen molar-refractivity contribution in [2.45, 2.75) is 0 Å². The standard InChI is InChI=1S/C6H4N2O5/c9-5-4(6(10)11)1-3(2-7-5)8(12)13/h1-2H,(H,7,9)(H,10,11)/p-1. The summed E-state index contributed by atoms with van der Waals surface area (Å²) < 4.78 is 0. The summed E-state index contributed by atoms with van der Waals surface area (Å²) >= 11 is 0. The molecule has 0 amide bonds. The Morgan fingerprint density at radius 1 is 1.54 bits per heavy atom. The van der Waals surface area contributed by atoms with E-state index in [1.54, 1.807) is 0 Å². The van der Waals surface area contributed by atoms with Crippen LogP contribution in [0.25, 0.3) is 0 Å². The maximum absolute atomic E-state index is 10.7. The van der Waals surface area contributed by atoms with Gasteiger partial charge in [-0.3, -0.25) is 14.9 Å². The molecule has 0 saturated carbocycles. The Morgan fingerprint density at radius 2 is 2.15 bits per heavy atom. The molecule has 1 heterocycles. The van der Waals surface area contributed by atoms with Crippen LogP contribution in [0, 0.1) is 10.1 Å². The van der Waals surface area contributed by atoms with Gasteiger partial charge in [0.15, 0.2) is 0 Å². The van der Waals surface area contributed by atoms with E-state index in [4.69, 9.17) is 0 Å². The lowest BCUT2D eigenvalue weighted by Gasteiger charge is -1.98. The number of hydrogen-bond donors (Lipinski definition) is 1. The number of aromatic nitrogens is 1. The zero-order valence-corrected chi connectivity index (χ0v) is 6.14. The first kappa shape index (κ1) is 8.91. The summed E-state index contributed by atoms with van der Waals surface area (Å²) in [6, 6.07) is 0.647. The topological polar surface area (TPSA) is 116 Å². The quantitative estimate of drug-likeness (QED) is 0.449. The van der Waals surface area contributed by atoms with Gasteiger partial charge in [0.1, 0.15) is 0 Å². The lowest BCUT2D eigenvalue weighted by Crippen LogP contribution is -2.29. The first-order chi connectivity index (χ1) is 6.02. The van der Waals surface area contributed by atoms with Gasteiger partial charge in [-0.25, -0.2) is 0 Å². The molecule has 13 heavy (non-hydrogen) atoms. The highest BCUT2D eigenvalue weighted by Crippen LogP contribution is 2.06. The maximum Gasteiger partial charge on any atom is 0.286 e. The van der Waals surface area contributed by atoms with Gasteiger partial charge < -0.3 is 14.9 Å². The Morgan fingerprint density at radius 3 is 2.62 bits per heavy atom. The molecule has 0 radical (unpaired) electrons. The van der Waals surface area contributed by atoms with Crippen LogP contribution in [0.3, 0.4) is 0 Å². The molecule has 0 aliphatic heterocycles. The average molecular weight is 183 g/mol. The minimum absolute atomic E-state index is 0.501. The number of nitrogens with zero attached hydrogens (tertiary/aromatic N) is 1. The van der Waals surface area contributed by atoms with Crippen molar-refractivity contribution in [1.29, 1.82) is 0 Å². The molecule has 0 saturated heterocycles. The molecule has 0 aliphatic rings. The summed E-state index contributed by atoms with van der Waals surface area (Å²) in [7, 11) is 0. The zero-order chi connectivity index (χ0) is 10.0. The molecule has 1 N–H and O–H groups in total. The Kier molecular flexibility index (Phi) is 2.09. The van der Waals surface area contributed by atoms with Crippen LogP contribution >= 0.6 is 0 Å². The van der Waals surface area contributed by atoms with E-state index in [-0.39, 0.29) is 0 Å². The first-order valence-electron chi connectivity index (χ1n) is 3.11. The lowest BCUT2D eigenvalue weighted by molar-refractivity contribution is -0.385. The number of nitrogens with one attached hydrogen (secondary N) is 1. The molecule has 0 unspecified atom stereocenters. The first-order valence-corrected chi connectivity index (χ1v) is 3.11. The highest BCUT2D eigenvalue weighted by molar-refractivity contribution is 5.85. The molecule has 0 atom stereocenters. The second kappa shape index (κ2) is 3.05. The number of hydrogen-bond acceptors (Lipinski definition) is 5. The van der Waals surface area contributed by atoms with E-state index in [0.29, 0.717) is 6.07 Å². The van der Waals surface area contributed by atoms with Crippen molar-refractivity contribution in [3.8, 4) is 0 Å². The third kappa shape index (κ3) is 1.70. The van der Waals surface area contributed by atoms with Crippen LogP contribution in [0.2, 0.25) is 0 Å².